The van der Waals surface area contributed by atoms with E-state index in [1.165, 1.54) is 12.0 Å². The number of rotatable bonds is 5. The van der Waals surface area contributed by atoms with Crippen LogP contribution < -0.4 is 5.32 Å². The maximum absolute atomic E-state index is 11.9. The van der Waals surface area contributed by atoms with Gasteiger partial charge in [-0.15, -0.1) is 0 Å². The number of nitrogens with zero attached hydrogens (tertiary/aromatic N) is 1. The van der Waals surface area contributed by atoms with E-state index >= 15 is 0 Å². The van der Waals surface area contributed by atoms with E-state index in [-0.39, 0.29) is 25.2 Å². The number of carboxylic acids is 1. The first-order chi connectivity index (χ1) is 8.51. The van der Waals surface area contributed by atoms with Crippen LogP contribution in [0.25, 0.3) is 0 Å². The van der Waals surface area contributed by atoms with Crippen molar-refractivity contribution >= 4 is 12.0 Å². The quantitative estimate of drug-likeness (QED) is 0.619. The Morgan fingerprint density at radius 2 is 2.22 bits per heavy atom. The van der Waals surface area contributed by atoms with Crippen molar-refractivity contribution in [1.82, 2.24) is 10.2 Å². The van der Waals surface area contributed by atoms with Gasteiger partial charge < -0.3 is 25.2 Å². The molecule has 3 unspecified atom stereocenters. The van der Waals surface area contributed by atoms with E-state index in [1.807, 2.05) is 6.92 Å². The van der Waals surface area contributed by atoms with Crippen molar-refractivity contribution in [2.75, 3.05) is 26.9 Å². The molecule has 1 rings (SSSR count). The smallest absolute Gasteiger partial charge is 0.328 e. The van der Waals surface area contributed by atoms with Gasteiger partial charge in [0.1, 0.15) is 0 Å². The molecule has 0 bridgehead atoms. The Labute approximate surface area is 106 Å². The van der Waals surface area contributed by atoms with E-state index < -0.39 is 18.0 Å². The van der Waals surface area contributed by atoms with Crippen molar-refractivity contribution in [3.63, 3.8) is 0 Å². The Hall–Kier alpha value is -1.34. The molecular formula is C11H20N2O5. The normalized spacial score (nSPS) is 24.9. The standard InChI is InChI=1S/C11H20N2O5/c1-7-3-4-13(9(7)5-14)11(17)12-8(6-18-2)10(15)16/h7-9,14H,3-6H2,1-2H3,(H,12,17)(H,15,16). The van der Waals surface area contributed by atoms with Crippen LogP contribution in [-0.4, -0.2) is 66.1 Å². The molecule has 2 amide bonds. The molecular weight excluding hydrogens is 240 g/mol. The first kappa shape index (κ1) is 14.7. The number of likely N-dealkylation sites (tertiary alicyclic amines) is 1. The van der Waals surface area contributed by atoms with Gasteiger partial charge in [0.15, 0.2) is 6.04 Å². The number of hydrogen-bond donors (Lipinski definition) is 3. The average Bonchev–Trinajstić information content (AvgIpc) is 2.69. The molecule has 1 fully saturated rings. The van der Waals surface area contributed by atoms with Crippen LogP contribution in [0.4, 0.5) is 4.79 Å². The van der Waals surface area contributed by atoms with Gasteiger partial charge in [-0.2, -0.15) is 0 Å². The van der Waals surface area contributed by atoms with E-state index in [9.17, 15) is 14.7 Å². The molecule has 0 saturated carbocycles. The molecule has 18 heavy (non-hydrogen) atoms. The zero-order valence-corrected chi connectivity index (χ0v) is 10.6. The molecule has 3 atom stereocenters. The summed E-state index contributed by atoms with van der Waals surface area (Å²) < 4.78 is 4.74. The number of amides is 2. The maximum atomic E-state index is 11.9. The Morgan fingerprint density at radius 1 is 1.56 bits per heavy atom. The van der Waals surface area contributed by atoms with Crippen LogP contribution >= 0.6 is 0 Å². The Kier molecular flexibility index (Phi) is 5.36. The molecule has 1 aliphatic rings. The Balaban J connectivity index is 2.61. The predicted molar refractivity (Wildman–Crippen MR) is 63.2 cm³/mol. The van der Waals surface area contributed by atoms with Gasteiger partial charge in [0.2, 0.25) is 0 Å². The number of carbonyl (C=O) groups is 2. The van der Waals surface area contributed by atoms with Crippen molar-refractivity contribution < 1.29 is 24.5 Å². The molecule has 0 aromatic rings. The minimum Gasteiger partial charge on any atom is -0.480 e. The number of methoxy groups -OCH3 is 1. The number of aliphatic hydroxyl groups is 1. The molecule has 7 heteroatoms. The summed E-state index contributed by atoms with van der Waals surface area (Å²) in [6.45, 7) is 2.28. The van der Waals surface area contributed by atoms with Gasteiger partial charge in [-0.1, -0.05) is 6.92 Å². The monoisotopic (exact) mass is 260 g/mol. The maximum Gasteiger partial charge on any atom is 0.328 e. The number of urea groups is 1. The fourth-order valence-corrected chi connectivity index (χ4v) is 2.11. The molecule has 7 nitrogen and oxygen atoms in total. The van der Waals surface area contributed by atoms with Crippen molar-refractivity contribution in [3.8, 4) is 0 Å². The van der Waals surface area contributed by atoms with Crippen LogP contribution in [0.1, 0.15) is 13.3 Å². The Bertz CT molecular complexity index is 310. The lowest BCUT2D eigenvalue weighted by Crippen LogP contribution is -2.52. The molecule has 0 radical (unpaired) electrons. The SMILES string of the molecule is COCC(NC(=O)N1CCC(C)C1CO)C(=O)O. The summed E-state index contributed by atoms with van der Waals surface area (Å²) in [5, 5.41) is 20.5. The summed E-state index contributed by atoms with van der Waals surface area (Å²) >= 11 is 0. The third-order valence-corrected chi connectivity index (χ3v) is 3.26. The molecule has 0 aromatic heterocycles. The molecule has 3 N–H and O–H groups in total. The zero-order chi connectivity index (χ0) is 13.7. The number of carbonyl (C=O) groups excluding carboxylic acids is 1. The van der Waals surface area contributed by atoms with Gasteiger partial charge in [-0.25, -0.2) is 9.59 Å². The fourth-order valence-electron chi connectivity index (χ4n) is 2.11. The highest BCUT2D eigenvalue weighted by Gasteiger charge is 2.35. The number of aliphatic hydroxyl groups excluding tert-OH is 1. The molecule has 1 aliphatic heterocycles. The number of nitrogens with one attached hydrogen (secondary N) is 1. The Morgan fingerprint density at radius 3 is 2.72 bits per heavy atom. The van der Waals surface area contributed by atoms with Gasteiger partial charge >= 0.3 is 12.0 Å². The summed E-state index contributed by atoms with van der Waals surface area (Å²) in [5.74, 6) is -0.926. The summed E-state index contributed by atoms with van der Waals surface area (Å²) in [6, 6.07) is -1.79. The van der Waals surface area contributed by atoms with Gasteiger partial charge in [0, 0.05) is 13.7 Å². The number of aliphatic carboxylic acids is 1. The largest absolute Gasteiger partial charge is 0.480 e. The zero-order valence-electron chi connectivity index (χ0n) is 10.6. The molecule has 1 heterocycles. The highest BCUT2D eigenvalue weighted by molar-refractivity contribution is 5.83. The van der Waals surface area contributed by atoms with E-state index in [0.717, 1.165) is 6.42 Å². The van der Waals surface area contributed by atoms with Crippen molar-refractivity contribution in [1.29, 1.82) is 0 Å². The number of hydrogen-bond acceptors (Lipinski definition) is 4. The summed E-state index contributed by atoms with van der Waals surface area (Å²) in [6.07, 6.45) is 0.806. The van der Waals surface area contributed by atoms with Gasteiger partial charge in [0.25, 0.3) is 0 Å². The van der Waals surface area contributed by atoms with Gasteiger partial charge in [-0.05, 0) is 12.3 Å². The van der Waals surface area contributed by atoms with Crippen LogP contribution in [0, 0.1) is 5.92 Å². The van der Waals surface area contributed by atoms with Crippen molar-refractivity contribution in [2.24, 2.45) is 5.92 Å². The van der Waals surface area contributed by atoms with Crippen molar-refractivity contribution in [3.05, 3.63) is 0 Å². The topological polar surface area (TPSA) is 99.1 Å². The lowest BCUT2D eigenvalue weighted by Gasteiger charge is -2.26. The van der Waals surface area contributed by atoms with E-state index in [4.69, 9.17) is 9.84 Å². The molecule has 104 valence electrons. The average molecular weight is 260 g/mol. The highest BCUT2D eigenvalue weighted by atomic mass is 16.5. The number of ether oxygens (including phenoxy) is 1. The van der Waals surface area contributed by atoms with Gasteiger partial charge in [-0.3, -0.25) is 0 Å². The molecule has 0 aliphatic carbocycles. The van der Waals surface area contributed by atoms with Crippen LogP contribution in [0.2, 0.25) is 0 Å². The van der Waals surface area contributed by atoms with E-state index in [1.54, 1.807) is 0 Å². The lowest BCUT2D eigenvalue weighted by atomic mass is 10.0. The second-order valence-electron chi connectivity index (χ2n) is 4.50. The second kappa shape index (κ2) is 6.55. The first-order valence-corrected chi connectivity index (χ1v) is 5.91. The lowest BCUT2D eigenvalue weighted by molar-refractivity contribution is -0.140. The van der Waals surface area contributed by atoms with Crippen molar-refractivity contribution in [2.45, 2.75) is 25.4 Å². The fraction of sp³-hybridized carbons (Fsp3) is 0.818. The highest BCUT2D eigenvalue weighted by Crippen LogP contribution is 2.23. The summed E-state index contributed by atoms with van der Waals surface area (Å²) in [7, 11) is 1.37. The molecule has 1 saturated heterocycles. The van der Waals surface area contributed by atoms with Crippen LogP contribution in [0.5, 0.6) is 0 Å². The van der Waals surface area contributed by atoms with E-state index in [2.05, 4.69) is 5.32 Å². The third kappa shape index (κ3) is 3.33. The predicted octanol–water partition coefficient (Wildman–Crippen LogP) is -0.502. The van der Waals surface area contributed by atoms with E-state index in [0.29, 0.717) is 6.54 Å². The second-order valence-corrected chi connectivity index (χ2v) is 4.50. The summed E-state index contributed by atoms with van der Waals surface area (Å²) in [5.41, 5.74) is 0. The van der Waals surface area contributed by atoms with Crippen LogP contribution in [0.15, 0.2) is 0 Å². The summed E-state index contributed by atoms with van der Waals surface area (Å²) in [4.78, 5) is 24.3. The minimum atomic E-state index is -1.14. The molecule has 0 spiro atoms. The van der Waals surface area contributed by atoms with Crippen LogP contribution in [-0.2, 0) is 9.53 Å². The van der Waals surface area contributed by atoms with Gasteiger partial charge in [0.05, 0.1) is 19.3 Å². The first-order valence-electron chi connectivity index (χ1n) is 5.91. The number of carboxylic acid groups (broad SMARTS) is 1. The minimum absolute atomic E-state index is 0.0890. The third-order valence-electron chi connectivity index (χ3n) is 3.26. The van der Waals surface area contributed by atoms with Crippen LogP contribution in [0.3, 0.4) is 0 Å². The molecule has 0 aromatic carbocycles.